The number of amides is 2. The molecule has 160 valence electrons. The monoisotopic (exact) mass is 443 g/mol. The van der Waals surface area contributed by atoms with Gasteiger partial charge in [0, 0.05) is 20.7 Å². The molecular weight excluding hydrogens is 416 g/mol. The normalized spacial score (nSPS) is 20.0. The molecule has 0 fully saturated rings. The topological polar surface area (TPSA) is 71.5 Å². The van der Waals surface area contributed by atoms with E-state index >= 15 is 0 Å². The average Bonchev–Trinajstić information content (AvgIpc) is 2.70. The van der Waals surface area contributed by atoms with E-state index in [9.17, 15) is 18.4 Å². The van der Waals surface area contributed by atoms with E-state index in [2.05, 4.69) is 10.3 Å². The molecule has 0 unspecified atom stereocenters. The summed E-state index contributed by atoms with van der Waals surface area (Å²) in [6.07, 6.45) is -1.93. The van der Waals surface area contributed by atoms with Gasteiger partial charge in [-0.3, -0.25) is 14.5 Å². The first-order valence-electron chi connectivity index (χ1n) is 11.9. The summed E-state index contributed by atoms with van der Waals surface area (Å²) in [4.78, 5) is 30.7. The van der Waals surface area contributed by atoms with Gasteiger partial charge in [-0.25, -0.2) is 8.78 Å². The molecule has 3 rings (SSSR count). The molecule has 2 heterocycles. The van der Waals surface area contributed by atoms with Gasteiger partial charge < -0.3 is 10.1 Å². The number of nitrogens with zero attached hydrogens (tertiary/aromatic N) is 2. The highest BCUT2D eigenvalue weighted by Gasteiger charge is 2.34. The van der Waals surface area contributed by atoms with Crippen LogP contribution < -0.4 is 15.0 Å². The Bertz CT molecular complexity index is 1170. The van der Waals surface area contributed by atoms with Crippen LogP contribution in [0.25, 0.3) is 0 Å². The zero-order valence-electron chi connectivity index (χ0n) is 22.1. The number of fused-ring (bicyclic) bond motifs is 1. The number of ether oxygens (including phenoxy) is 1. The number of rotatable bonds is 4. The highest BCUT2D eigenvalue weighted by molar-refractivity contribution is 6.33. The lowest BCUT2D eigenvalue weighted by Gasteiger charge is -2.32. The molecule has 30 heavy (non-hydrogen) atoms. The van der Waals surface area contributed by atoms with Crippen LogP contribution in [0.5, 0.6) is 5.88 Å². The van der Waals surface area contributed by atoms with Crippen molar-refractivity contribution in [2.24, 2.45) is 5.41 Å². The Kier molecular flexibility index (Phi) is 4.12. The first kappa shape index (κ1) is 15.1. The highest BCUT2D eigenvalue weighted by atomic mass is 35.5. The molecule has 2 aromatic rings. The number of carbonyl (C=O) groups is 2. The minimum Gasteiger partial charge on any atom is -0.463 e. The second-order valence-corrected chi connectivity index (χ2v) is 7.57. The molecule has 1 aromatic carbocycles. The molecule has 0 saturated carbocycles. The zero-order valence-corrected chi connectivity index (χ0v) is 16.8. The largest absolute Gasteiger partial charge is 0.463 e. The smallest absolute Gasteiger partial charge is 0.268 e. The number of anilines is 2. The van der Waals surface area contributed by atoms with Gasteiger partial charge in [0.25, 0.3) is 5.91 Å². The molecule has 1 N–H and O–H groups in total. The lowest BCUT2D eigenvalue weighted by molar-refractivity contribution is -0.126. The van der Waals surface area contributed by atoms with Crippen LogP contribution in [-0.2, 0) is 16.1 Å². The van der Waals surface area contributed by atoms with Gasteiger partial charge in [-0.15, -0.1) is 0 Å². The predicted molar refractivity (Wildman–Crippen MR) is 110 cm³/mol. The van der Waals surface area contributed by atoms with Crippen LogP contribution >= 0.6 is 11.6 Å². The van der Waals surface area contributed by atoms with E-state index in [1.54, 1.807) is 0 Å². The average molecular weight is 444 g/mol. The van der Waals surface area contributed by atoms with Crippen molar-refractivity contribution in [2.45, 2.75) is 46.6 Å². The third-order valence-electron chi connectivity index (χ3n) is 4.15. The van der Waals surface area contributed by atoms with E-state index in [4.69, 9.17) is 24.6 Å². The molecule has 1 aliphatic rings. The Morgan fingerprint density at radius 2 is 2.00 bits per heavy atom. The first-order valence-corrected chi connectivity index (χ1v) is 9.24. The Morgan fingerprint density at radius 3 is 2.63 bits per heavy atom. The Balaban J connectivity index is 1.91. The molecule has 1 aliphatic heterocycles. The van der Waals surface area contributed by atoms with Crippen LogP contribution in [0, 0.1) is 17.0 Å². The molecule has 6 nitrogen and oxygen atoms in total. The zero-order chi connectivity index (χ0) is 27.2. The fourth-order valence-electron chi connectivity index (χ4n) is 2.93. The van der Waals surface area contributed by atoms with Crippen LogP contribution in [0.3, 0.4) is 0 Å². The molecule has 0 bridgehead atoms. The number of nitrogens with one attached hydrogen (secondary N) is 1. The molecular formula is C21H22ClF2N3O3. The number of hydrogen-bond acceptors (Lipinski definition) is 4. The van der Waals surface area contributed by atoms with Gasteiger partial charge in [0.2, 0.25) is 11.8 Å². The van der Waals surface area contributed by atoms with Gasteiger partial charge in [-0.2, -0.15) is 4.98 Å². The third kappa shape index (κ3) is 5.05. The summed E-state index contributed by atoms with van der Waals surface area (Å²) in [5, 5.41) is 2.13. The Hall–Kier alpha value is -2.74. The van der Waals surface area contributed by atoms with Crippen molar-refractivity contribution < 1.29 is 31.3 Å². The van der Waals surface area contributed by atoms with Gasteiger partial charge in [0.05, 0.1) is 11.6 Å². The Morgan fingerprint density at radius 1 is 1.33 bits per heavy atom. The standard InChI is InChI=1S/C21H22ClF2N3O3/c1-11-20(29)27(10-12-5-13(23)7-14(24)6-12)16-8-15(22)18(26-19(16)30-11)25-17(28)9-21(2,3)4/h5-8,11H,9-10H2,1-4H3,(H,25,26,28)/t11-/m0/s1/i2D3,3D3. The van der Waals surface area contributed by atoms with E-state index < -0.39 is 55.1 Å². The van der Waals surface area contributed by atoms with Gasteiger partial charge in [0.15, 0.2) is 11.9 Å². The SMILES string of the molecule is [2H]C([2H])([2H])C(C)(CC(=O)Nc1nc2c(cc1Cl)N(Cc1cc(F)cc(F)c1)C(=O)[C@H](C)O2)C([2H])([2H])[2H]. The van der Waals surface area contributed by atoms with E-state index in [1.165, 1.54) is 17.9 Å². The minimum absolute atomic E-state index is 0.0700. The summed E-state index contributed by atoms with van der Waals surface area (Å²) in [5.41, 5.74) is -2.12. The van der Waals surface area contributed by atoms with Crippen LogP contribution in [0.4, 0.5) is 20.3 Å². The van der Waals surface area contributed by atoms with Crippen LogP contribution in [-0.4, -0.2) is 22.9 Å². The van der Waals surface area contributed by atoms with Gasteiger partial charge in [0.1, 0.15) is 17.3 Å². The quantitative estimate of drug-likeness (QED) is 0.743. The number of halogens is 3. The van der Waals surface area contributed by atoms with Crippen molar-refractivity contribution in [3.05, 3.63) is 46.5 Å². The van der Waals surface area contributed by atoms with Crippen molar-refractivity contribution in [3.63, 3.8) is 0 Å². The number of pyridine rings is 1. The summed E-state index contributed by atoms with van der Waals surface area (Å²) < 4.78 is 78.5. The maximum Gasteiger partial charge on any atom is 0.268 e. The molecule has 2 amide bonds. The summed E-state index contributed by atoms with van der Waals surface area (Å²) >= 11 is 6.25. The summed E-state index contributed by atoms with van der Waals surface area (Å²) in [7, 11) is 0. The Labute approximate surface area is 186 Å². The fraction of sp³-hybridized carbons (Fsp3) is 0.381. The van der Waals surface area contributed by atoms with E-state index in [0.717, 1.165) is 19.1 Å². The fourth-order valence-corrected chi connectivity index (χ4v) is 3.12. The van der Waals surface area contributed by atoms with Crippen LogP contribution in [0.2, 0.25) is 5.02 Å². The third-order valence-corrected chi connectivity index (χ3v) is 4.44. The number of carbonyl (C=O) groups excluding carboxylic acids is 2. The lowest BCUT2D eigenvalue weighted by Crippen LogP contribution is -2.44. The van der Waals surface area contributed by atoms with Gasteiger partial charge >= 0.3 is 0 Å². The van der Waals surface area contributed by atoms with Crippen LogP contribution in [0.15, 0.2) is 24.3 Å². The molecule has 0 radical (unpaired) electrons. The maximum atomic E-state index is 13.6. The minimum atomic E-state index is -2.97. The molecule has 0 aliphatic carbocycles. The molecule has 0 spiro atoms. The lowest BCUT2D eigenvalue weighted by atomic mass is 9.92. The first-order chi connectivity index (χ1) is 16.4. The number of aromatic nitrogens is 1. The maximum absolute atomic E-state index is 13.6. The highest BCUT2D eigenvalue weighted by Crippen LogP contribution is 2.38. The van der Waals surface area contributed by atoms with E-state index in [0.29, 0.717) is 6.07 Å². The molecule has 9 heteroatoms. The second-order valence-electron chi connectivity index (χ2n) is 7.16. The van der Waals surface area contributed by atoms with Crippen molar-refractivity contribution in [2.75, 3.05) is 10.2 Å². The molecule has 1 atom stereocenters. The van der Waals surface area contributed by atoms with Crippen molar-refractivity contribution in [1.29, 1.82) is 0 Å². The van der Waals surface area contributed by atoms with Crippen molar-refractivity contribution in [3.8, 4) is 5.88 Å². The number of benzene rings is 1. The predicted octanol–water partition coefficient (Wildman–Crippen LogP) is 4.70. The van der Waals surface area contributed by atoms with Crippen molar-refractivity contribution >= 4 is 34.9 Å². The van der Waals surface area contributed by atoms with E-state index in [1.807, 2.05) is 0 Å². The van der Waals surface area contributed by atoms with Gasteiger partial charge in [-0.1, -0.05) is 32.2 Å². The van der Waals surface area contributed by atoms with E-state index in [-0.39, 0.29) is 34.5 Å². The number of hydrogen-bond donors (Lipinski definition) is 1. The van der Waals surface area contributed by atoms with Crippen LogP contribution in [0.1, 0.15) is 47.8 Å². The summed E-state index contributed by atoms with van der Waals surface area (Å²) in [6.45, 7) is -3.78. The summed E-state index contributed by atoms with van der Waals surface area (Å²) in [6, 6.07) is 4.06. The molecule has 0 saturated heterocycles. The van der Waals surface area contributed by atoms with Crippen molar-refractivity contribution in [1.82, 2.24) is 4.98 Å². The summed E-state index contributed by atoms with van der Waals surface area (Å²) in [5.74, 6) is -3.53. The van der Waals surface area contributed by atoms with Gasteiger partial charge in [-0.05, 0) is 36.1 Å². The molecule has 1 aromatic heterocycles. The second kappa shape index (κ2) is 8.18.